The summed E-state index contributed by atoms with van der Waals surface area (Å²) in [4.78, 5) is 12.0. The van der Waals surface area contributed by atoms with Gasteiger partial charge in [-0.1, -0.05) is 0 Å². The molecule has 1 saturated heterocycles. The molecule has 0 radical (unpaired) electrons. The Morgan fingerprint density at radius 1 is 1.56 bits per heavy atom. The molecule has 2 heterocycles. The van der Waals surface area contributed by atoms with Gasteiger partial charge in [0, 0.05) is 19.2 Å². The van der Waals surface area contributed by atoms with Crippen LogP contribution in [0.2, 0.25) is 0 Å². The van der Waals surface area contributed by atoms with Crippen LogP contribution in [0.1, 0.15) is 29.8 Å². The summed E-state index contributed by atoms with van der Waals surface area (Å²) in [6, 6.07) is 1.89. The monoisotopic (exact) mass is 252 g/mol. The summed E-state index contributed by atoms with van der Waals surface area (Å²) in [6.07, 6.45) is 3.08. The molecule has 1 aromatic heterocycles. The van der Waals surface area contributed by atoms with Crippen molar-refractivity contribution in [3.05, 3.63) is 11.8 Å². The number of hydrogen-bond acceptors (Lipinski definition) is 4. The van der Waals surface area contributed by atoms with Gasteiger partial charge in [0.1, 0.15) is 0 Å². The maximum atomic E-state index is 12.0. The van der Waals surface area contributed by atoms with E-state index in [4.69, 9.17) is 4.74 Å². The second kappa shape index (κ2) is 5.86. The lowest BCUT2D eigenvalue weighted by Gasteiger charge is -2.14. The van der Waals surface area contributed by atoms with Crippen LogP contribution >= 0.6 is 0 Å². The average Bonchev–Trinajstić information content (AvgIpc) is 2.57. The van der Waals surface area contributed by atoms with E-state index in [1.165, 1.54) is 0 Å². The quantitative estimate of drug-likeness (QED) is 0.812. The number of aryl methyl sites for hydroxylation is 1. The molecule has 0 aromatic carbocycles. The Labute approximate surface area is 107 Å². The van der Waals surface area contributed by atoms with Crippen molar-refractivity contribution in [3.63, 3.8) is 0 Å². The summed E-state index contributed by atoms with van der Waals surface area (Å²) in [5.41, 5.74) is 0.409. The molecule has 18 heavy (non-hydrogen) atoms. The van der Waals surface area contributed by atoms with Gasteiger partial charge >= 0.3 is 0 Å². The van der Waals surface area contributed by atoms with Crippen molar-refractivity contribution in [3.8, 4) is 5.88 Å². The predicted octanol–water partition coefficient (Wildman–Crippen LogP) is 0.301. The van der Waals surface area contributed by atoms with Gasteiger partial charge in [-0.15, -0.1) is 0 Å². The molecule has 1 aromatic rings. The second-order valence-corrected chi connectivity index (χ2v) is 4.55. The number of nitrogens with zero attached hydrogens (tertiary/aromatic N) is 2. The molecule has 2 N–H and O–H groups in total. The van der Waals surface area contributed by atoms with E-state index in [0.29, 0.717) is 11.6 Å². The Hall–Kier alpha value is -1.56. The second-order valence-electron chi connectivity index (χ2n) is 4.55. The van der Waals surface area contributed by atoms with Gasteiger partial charge in [-0.25, -0.2) is 4.68 Å². The summed E-state index contributed by atoms with van der Waals surface area (Å²) < 4.78 is 6.66. The molecule has 0 bridgehead atoms. The SMILES string of the molecule is COc1cc(C(=O)NC2CCCNCC2)nn1C. The summed E-state index contributed by atoms with van der Waals surface area (Å²) in [5, 5.41) is 10.5. The number of rotatable bonds is 3. The van der Waals surface area contributed by atoms with Crippen LogP contribution in [0, 0.1) is 0 Å². The molecular formula is C12H20N4O2. The third-order valence-electron chi connectivity index (χ3n) is 3.19. The number of nitrogens with one attached hydrogen (secondary N) is 2. The minimum atomic E-state index is -0.124. The normalized spacial score (nSPS) is 20.2. The first-order valence-corrected chi connectivity index (χ1v) is 6.30. The first kappa shape index (κ1) is 12.9. The zero-order valence-corrected chi connectivity index (χ0v) is 10.9. The molecule has 6 nitrogen and oxygen atoms in total. The van der Waals surface area contributed by atoms with Crippen LogP contribution in [-0.4, -0.2) is 41.9 Å². The lowest BCUT2D eigenvalue weighted by molar-refractivity contribution is 0.0928. The molecule has 1 unspecified atom stereocenters. The van der Waals surface area contributed by atoms with E-state index in [1.807, 2.05) is 0 Å². The maximum absolute atomic E-state index is 12.0. The lowest BCUT2D eigenvalue weighted by atomic mass is 10.1. The fourth-order valence-corrected chi connectivity index (χ4v) is 2.17. The van der Waals surface area contributed by atoms with Crippen LogP contribution in [0.4, 0.5) is 0 Å². The topological polar surface area (TPSA) is 68.2 Å². The molecule has 0 aliphatic carbocycles. The first-order chi connectivity index (χ1) is 8.70. The lowest BCUT2D eigenvalue weighted by Crippen LogP contribution is -2.35. The summed E-state index contributed by atoms with van der Waals surface area (Å²) >= 11 is 0. The summed E-state index contributed by atoms with van der Waals surface area (Å²) in [5.74, 6) is 0.462. The molecule has 100 valence electrons. The van der Waals surface area contributed by atoms with Crippen LogP contribution in [0.5, 0.6) is 5.88 Å². The number of amides is 1. The third-order valence-corrected chi connectivity index (χ3v) is 3.19. The van der Waals surface area contributed by atoms with E-state index < -0.39 is 0 Å². The van der Waals surface area contributed by atoms with Crippen molar-refractivity contribution >= 4 is 5.91 Å². The molecule has 1 fully saturated rings. The number of carbonyl (C=O) groups is 1. The number of ether oxygens (including phenoxy) is 1. The summed E-state index contributed by atoms with van der Waals surface area (Å²) in [6.45, 7) is 1.99. The molecule has 0 spiro atoms. The van der Waals surface area contributed by atoms with Crippen molar-refractivity contribution in [2.45, 2.75) is 25.3 Å². The molecule has 1 aliphatic rings. The minimum Gasteiger partial charge on any atom is -0.481 e. The van der Waals surface area contributed by atoms with Gasteiger partial charge in [-0.2, -0.15) is 5.10 Å². The van der Waals surface area contributed by atoms with E-state index in [0.717, 1.165) is 32.4 Å². The number of carbonyl (C=O) groups excluding carboxylic acids is 1. The van der Waals surface area contributed by atoms with Crippen LogP contribution in [0.15, 0.2) is 6.07 Å². The van der Waals surface area contributed by atoms with Crippen molar-refractivity contribution in [2.24, 2.45) is 7.05 Å². The number of aromatic nitrogens is 2. The third kappa shape index (κ3) is 3.01. The zero-order chi connectivity index (χ0) is 13.0. The molecule has 0 saturated carbocycles. The van der Waals surface area contributed by atoms with E-state index in [2.05, 4.69) is 15.7 Å². The van der Waals surface area contributed by atoms with E-state index >= 15 is 0 Å². The molecular weight excluding hydrogens is 232 g/mol. The van der Waals surface area contributed by atoms with Crippen LogP contribution in [0.25, 0.3) is 0 Å². The molecule has 1 amide bonds. The van der Waals surface area contributed by atoms with Gasteiger partial charge in [0.25, 0.3) is 5.91 Å². The number of methoxy groups -OCH3 is 1. The van der Waals surface area contributed by atoms with E-state index in [-0.39, 0.29) is 11.9 Å². The number of hydrogen-bond donors (Lipinski definition) is 2. The van der Waals surface area contributed by atoms with Crippen molar-refractivity contribution in [1.29, 1.82) is 0 Å². The molecule has 2 rings (SSSR count). The van der Waals surface area contributed by atoms with Crippen molar-refractivity contribution in [2.75, 3.05) is 20.2 Å². The standard InChI is InChI=1S/C12H20N4O2/c1-16-11(18-2)8-10(15-16)12(17)14-9-4-3-6-13-7-5-9/h8-9,13H,3-7H2,1-2H3,(H,14,17). The molecule has 1 aliphatic heterocycles. The zero-order valence-electron chi connectivity index (χ0n) is 10.9. The van der Waals surface area contributed by atoms with Gasteiger partial charge in [0.15, 0.2) is 5.69 Å². The van der Waals surface area contributed by atoms with Gasteiger partial charge in [0.05, 0.1) is 7.11 Å². The Morgan fingerprint density at radius 3 is 3.11 bits per heavy atom. The van der Waals surface area contributed by atoms with Gasteiger partial charge in [-0.05, 0) is 32.4 Å². The highest BCUT2D eigenvalue weighted by Crippen LogP contribution is 2.12. The highest BCUT2D eigenvalue weighted by atomic mass is 16.5. The van der Waals surface area contributed by atoms with Crippen molar-refractivity contribution in [1.82, 2.24) is 20.4 Å². The average molecular weight is 252 g/mol. The van der Waals surface area contributed by atoms with E-state index in [9.17, 15) is 4.79 Å². The van der Waals surface area contributed by atoms with Crippen LogP contribution < -0.4 is 15.4 Å². The highest BCUT2D eigenvalue weighted by molar-refractivity contribution is 5.92. The Morgan fingerprint density at radius 2 is 2.39 bits per heavy atom. The first-order valence-electron chi connectivity index (χ1n) is 6.30. The largest absolute Gasteiger partial charge is 0.481 e. The predicted molar refractivity (Wildman–Crippen MR) is 67.7 cm³/mol. The van der Waals surface area contributed by atoms with Crippen LogP contribution in [0.3, 0.4) is 0 Å². The smallest absolute Gasteiger partial charge is 0.272 e. The Balaban J connectivity index is 1.97. The maximum Gasteiger partial charge on any atom is 0.272 e. The fourth-order valence-electron chi connectivity index (χ4n) is 2.17. The highest BCUT2D eigenvalue weighted by Gasteiger charge is 2.18. The summed E-state index contributed by atoms with van der Waals surface area (Å²) in [7, 11) is 3.32. The van der Waals surface area contributed by atoms with Gasteiger partial charge in [-0.3, -0.25) is 4.79 Å². The molecule has 6 heteroatoms. The van der Waals surface area contributed by atoms with Crippen LogP contribution in [-0.2, 0) is 7.05 Å². The van der Waals surface area contributed by atoms with Gasteiger partial charge in [0.2, 0.25) is 5.88 Å². The van der Waals surface area contributed by atoms with Gasteiger partial charge < -0.3 is 15.4 Å². The Bertz CT molecular complexity index is 408. The Kier molecular flexibility index (Phi) is 4.19. The van der Waals surface area contributed by atoms with E-state index in [1.54, 1.807) is 24.9 Å². The molecule has 1 atom stereocenters. The fraction of sp³-hybridized carbons (Fsp3) is 0.667. The van der Waals surface area contributed by atoms with Crippen molar-refractivity contribution < 1.29 is 9.53 Å². The minimum absolute atomic E-state index is 0.124.